The summed E-state index contributed by atoms with van der Waals surface area (Å²) in [6, 6.07) is 21.3. The van der Waals surface area contributed by atoms with Crippen LogP contribution >= 0.6 is 11.8 Å². The number of amides is 2. The van der Waals surface area contributed by atoms with E-state index in [9.17, 15) is 14.4 Å². The second-order valence-corrected chi connectivity index (χ2v) is 8.55. The summed E-state index contributed by atoms with van der Waals surface area (Å²) in [4.78, 5) is 37.9. The fraction of sp³-hybridized carbons (Fsp3) is 0.160. The van der Waals surface area contributed by atoms with Crippen molar-refractivity contribution in [3.8, 4) is 0 Å². The van der Waals surface area contributed by atoms with Crippen LogP contribution in [0, 0.1) is 6.92 Å². The lowest BCUT2D eigenvalue weighted by Gasteiger charge is -2.14. The van der Waals surface area contributed by atoms with Gasteiger partial charge in [0.15, 0.2) is 0 Å². The number of hydrogen-bond donors (Lipinski definition) is 2. The zero-order valence-corrected chi connectivity index (χ0v) is 18.9. The Balaban J connectivity index is 1.65. The molecule has 0 saturated heterocycles. The Hall–Kier alpha value is -3.58. The monoisotopic (exact) mass is 448 g/mol. The number of carbonyl (C=O) groups is 3. The van der Waals surface area contributed by atoms with Gasteiger partial charge in [-0.3, -0.25) is 9.59 Å². The van der Waals surface area contributed by atoms with Crippen LogP contribution in [0.4, 0.5) is 11.4 Å². The molecule has 0 aliphatic rings. The van der Waals surface area contributed by atoms with E-state index in [1.807, 2.05) is 37.3 Å². The molecule has 0 aliphatic carbocycles. The number of hydrogen-bond acceptors (Lipinski definition) is 5. The maximum Gasteiger partial charge on any atom is 0.339 e. The van der Waals surface area contributed by atoms with Gasteiger partial charge in [-0.05, 0) is 56.3 Å². The molecule has 0 heterocycles. The van der Waals surface area contributed by atoms with Crippen LogP contribution < -0.4 is 10.6 Å². The molecule has 0 fully saturated rings. The van der Waals surface area contributed by atoms with Gasteiger partial charge in [0.2, 0.25) is 5.91 Å². The first-order valence-corrected chi connectivity index (χ1v) is 10.9. The van der Waals surface area contributed by atoms with Gasteiger partial charge >= 0.3 is 5.97 Å². The van der Waals surface area contributed by atoms with E-state index in [4.69, 9.17) is 4.74 Å². The van der Waals surface area contributed by atoms with Crippen LogP contribution in [0.15, 0.2) is 77.7 Å². The van der Waals surface area contributed by atoms with Crippen molar-refractivity contribution >= 4 is 40.9 Å². The topological polar surface area (TPSA) is 84.5 Å². The summed E-state index contributed by atoms with van der Waals surface area (Å²) in [7, 11) is 1.30. The van der Waals surface area contributed by atoms with Gasteiger partial charge in [0.25, 0.3) is 5.91 Å². The molecule has 0 saturated carbocycles. The molecule has 1 unspecified atom stereocenters. The third-order valence-corrected chi connectivity index (χ3v) is 5.77. The molecule has 0 bridgehead atoms. The fourth-order valence-corrected chi connectivity index (χ4v) is 3.85. The van der Waals surface area contributed by atoms with Crippen molar-refractivity contribution in [2.45, 2.75) is 24.0 Å². The van der Waals surface area contributed by atoms with E-state index in [0.717, 1.165) is 10.5 Å². The number of para-hydroxylation sites is 1. The highest BCUT2D eigenvalue weighted by Gasteiger charge is 2.18. The lowest BCUT2D eigenvalue weighted by molar-refractivity contribution is -0.115. The average Bonchev–Trinajstić information content (AvgIpc) is 2.79. The van der Waals surface area contributed by atoms with Gasteiger partial charge in [-0.15, -0.1) is 11.8 Å². The van der Waals surface area contributed by atoms with Crippen LogP contribution in [0.2, 0.25) is 0 Å². The lowest BCUT2D eigenvalue weighted by atomic mass is 10.1. The molecule has 3 aromatic rings. The highest BCUT2D eigenvalue weighted by molar-refractivity contribution is 8.00. The van der Waals surface area contributed by atoms with E-state index in [2.05, 4.69) is 10.6 Å². The van der Waals surface area contributed by atoms with Crippen molar-refractivity contribution in [2.75, 3.05) is 17.7 Å². The molecule has 0 aliphatic heterocycles. The SMILES string of the molecule is COC(=O)c1ccccc1NC(=O)C(C)Sc1cccc(NC(=O)c2ccc(C)cc2)c1. The first kappa shape index (κ1) is 23.1. The average molecular weight is 449 g/mol. The molecule has 2 amide bonds. The van der Waals surface area contributed by atoms with E-state index in [0.29, 0.717) is 22.5 Å². The maximum atomic E-state index is 12.7. The Labute approximate surface area is 191 Å². The molecule has 1 atom stereocenters. The predicted molar refractivity (Wildman–Crippen MR) is 127 cm³/mol. The molecule has 32 heavy (non-hydrogen) atoms. The largest absolute Gasteiger partial charge is 0.465 e. The summed E-state index contributed by atoms with van der Waals surface area (Å²) < 4.78 is 4.77. The van der Waals surface area contributed by atoms with Gasteiger partial charge in [-0.25, -0.2) is 4.79 Å². The standard InChI is InChI=1S/C25H24N2O4S/c1-16-11-13-18(14-12-16)24(29)26-19-7-6-8-20(15-19)32-17(2)23(28)27-22-10-5-4-9-21(22)25(30)31-3/h4-15,17H,1-3H3,(H,26,29)(H,27,28). The first-order valence-electron chi connectivity index (χ1n) is 10.0. The molecule has 164 valence electrons. The Morgan fingerprint density at radius 3 is 2.34 bits per heavy atom. The summed E-state index contributed by atoms with van der Waals surface area (Å²) in [5.74, 6) is -0.962. The van der Waals surface area contributed by atoms with Crippen LogP contribution in [-0.2, 0) is 9.53 Å². The van der Waals surface area contributed by atoms with Crippen molar-refractivity contribution in [3.63, 3.8) is 0 Å². The smallest absolute Gasteiger partial charge is 0.339 e. The van der Waals surface area contributed by atoms with E-state index < -0.39 is 11.2 Å². The number of ether oxygens (including phenoxy) is 1. The third kappa shape index (κ3) is 5.98. The fourth-order valence-electron chi connectivity index (χ4n) is 2.93. The number of carbonyl (C=O) groups excluding carboxylic acids is 3. The van der Waals surface area contributed by atoms with Crippen molar-refractivity contribution < 1.29 is 19.1 Å². The van der Waals surface area contributed by atoms with Crippen LogP contribution in [0.1, 0.15) is 33.2 Å². The molecule has 2 N–H and O–H groups in total. The van der Waals surface area contributed by atoms with Gasteiger partial charge in [0.05, 0.1) is 23.6 Å². The molecule has 7 heteroatoms. The highest BCUT2D eigenvalue weighted by atomic mass is 32.2. The minimum absolute atomic E-state index is 0.197. The Bertz CT molecular complexity index is 1130. The normalized spacial score (nSPS) is 11.3. The van der Waals surface area contributed by atoms with Crippen LogP contribution in [0.5, 0.6) is 0 Å². The minimum atomic E-state index is -0.516. The summed E-state index contributed by atoms with van der Waals surface area (Å²) in [6.45, 7) is 3.74. The summed E-state index contributed by atoms with van der Waals surface area (Å²) in [5.41, 5.74) is 2.99. The molecule has 6 nitrogen and oxygen atoms in total. The van der Waals surface area contributed by atoms with E-state index in [1.165, 1.54) is 18.9 Å². The molecular weight excluding hydrogens is 424 g/mol. The molecule has 0 aromatic heterocycles. The van der Waals surface area contributed by atoms with Crippen molar-refractivity contribution in [2.24, 2.45) is 0 Å². The van der Waals surface area contributed by atoms with Crippen molar-refractivity contribution in [1.29, 1.82) is 0 Å². The Morgan fingerprint density at radius 2 is 1.62 bits per heavy atom. The number of aryl methyl sites for hydroxylation is 1. The van der Waals surface area contributed by atoms with Crippen molar-refractivity contribution in [3.05, 3.63) is 89.5 Å². The molecule has 0 radical (unpaired) electrons. The quantitative estimate of drug-likeness (QED) is 0.386. The van der Waals surface area contributed by atoms with E-state index >= 15 is 0 Å². The number of anilines is 2. The molecule has 0 spiro atoms. The third-order valence-electron chi connectivity index (χ3n) is 4.68. The number of thioether (sulfide) groups is 1. The lowest BCUT2D eigenvalue weighted by Crippen LogP contribution is -2.23. The Kier molecular flexibility index (Phi) is 7.68. The second-order valence-electron chi connectivity index (χ2n) is 7.13. The highest BCUT2D eigenvalue weighted by Crippen LogP contribution is 2.27. The van der Waals surface area contributed by atoms with Gasteiger partial charge < -0.3 is 15.4 Å². The predicted octanol–water partition coefficient (Wildman–Crippen LogP) is 5.15. The molecule has 3 aromatic carbocycles. The van der Waals surface area contributed by atoms with Crippen LogP contribution in [-0.4, -0.2) is 30.1 Å². The molecular formula is C25H24N2O4S. The first-order chi connectivity index (χ1) is 15.4. The van der Waals surface area contributed by atoms with Crippen LogP contribution in [0.25, 0.3) is 0 Å². The number of rotatable bonds is 7. The van der Waals surface area contributed by atoms with Gasteiger partial charge in [-0.1, -0.05) is 35.9 Å². The Morgan fingerprint density at radius 1 is 0.906 bits per heavy atom. The van der Waals surface area contributed by atoms with Gasteiger partial charge in [-0.2, -0.15) is 0 Å². The zero-order chi connectivity index (χ0) is 23.1. The number of benzene rings is 3. The summed E-state index contributed by atoms with van der Waals surface area (Å²) in [5, 5.41) is 5.23. The zero-order valence-electron chi connectivity index (χ0n) is 18.0. The van der Waals surface area contributed by atoms with Gasteiger partial charge in [0.1, 0.15) is 0 Å². The number of esters is 1. The minimum Gasteiger partial charge on any atom is -0.465 e. The number of methoxy groups -OCH3 is 1. The van der Waals surface area contributed by atoms with E-state index in [-0.39, 0.29) is 11.8 Å². The maximum absolute atomic E-state index is 12.7. The van der Waals surface area contributed by atoms with Crippen molar-refractivity contribution in [1.82, 2.24) is 0 Å². The number of nitrogens with one attached hydrogen (secondary N) is 2. The van der Waals surface area contributed by atoms with Crippen LogP contribution in [0.3, 0.4) is 0 Å². The van der Waals surface area contributed by atoms with E-state index in [1.54, 1.807) is 49.4 Å². The van der Waals surface area contributed by atoms with Gasteiger partial charge in [0, 0.05) is 16.1 Å². The summed E-state index contributed by atoms with van der Waals surface area (Å²) in [6.07, 6.45) is 0. The molecule has 3 rings (SSSR count). The summed E-state index contributed by atoms with van der Waals surface area (Å²) >= 11 is 1.35. The second kappa shape index (κ2) is 10.6.